The number of benzene rings is 1. The fraction of sp³-hybridized carbons (Fsp3) is 0.531. The van der Waals surface area contributed by atoms with Crippen molar-refractivity contribution >= 4 is 28.3 Å². The van der Waals surface area contributed by atoms with Crippen molar-refractivity contribution < 1.29 is 18.7 Å². The molecule has 1 amide bonds. The number of ether oxygens (including phenoxy) is 2. The number of morpholine rings is 1. The van der Waals surface area contributed by atoms with E-state index in [9.17, 15) is 9.18 Å². The van der Waals surface area contributed by atoms with E-state index in [1.165, 1.54) is 13.2 Å². The van der Waals surface area contributed by atoms with Crippen LogP contribution in [-0.4, -0.2) is 75.0 Å². The second kappa shape index (κ2) is 12.0. The lowest BCUT2D eigenvalue weighted by molar-refractivity contribution is 0.0938. The van der Waals surface area contributed by atoms with Crippen LogP contribution >= 0.6 is 0 Å². The van der Waals surface area contributed by atoms with Crippen LogP contribution in [0.25, 0.3) is 10.9 Å². The van der Waals surface area contributed by atoms with Gasteiger partial charge in [0.15, 0.2) is 11.6 Å². The van der Waals surface area contributed by atoms with E-state index in [-0.39, 0.29) is 17.7 Å². The van der Waals surface area contributed by atoms with Crippen LogP contribution in [0.5, 0.6) is 5.75 Å². The lowest BCUT2D eigenvalue weighted by Crippen LogP contribution is -2.40. The maximum Gasteiger partial charge on any atom is 0.257 e. The molecule has 10 heteroatoms. The quantitative estimate of drug-likeness (QED) is 0.426. The van der Waals surface area contributed by atoms with Crippen molar-refractivity contribution in [3.05, 3.63) is 52.6 Å². The summed E-state index contributed by atoms with van der Waals surface area (Å²) in [6.07, 6.45) is 3.19. The van der Waals surface area contributed by atoms with Crippen molar-refractivity contribution in [1.29, 1.82) is 0 Å². The average Bonchev–Trinajstić information content (AvgIpc) is 3.85. The summed E-state index contributed by atoms with van der Waals surface area (Å²) in [4.78, 5) is 29.3. The van der Waals surface area contributed by atoms with Crippen LogP contribution in [0.15, 0.2) is 24.3 Å². The molecule has 2 saturated heterocycles. The minimum atomic E-state index is -0.435. The smallest absolute Gasteiger partial charge is 0.257 e. The Labute approximate surface area is 246 Å². The van der Waals surface area contributed by atoms with Crippen LogP contribution in [0.1, 0.15) is 72.4 Å². The second-order valence-electron chi connectivity index (χ2n) is 11.8. The molecule has 224 valence electrons. The molecule has 42 heavy (non-hydrogen) atoms. The van der Waals surface area contributed by atoms with Gasteiger partial charge >= 0.3 is 0 Å². The molecule has 1 aromatic carbocycles. The third kappa shape index (κ3) is 5.74. The van der Waals surface area contributed by atoms with Gasteiger partial charge in [0.25, 0.3) is 5.91 Å². The first-order valence-electron chi connectivity index (χ1n) is 15.1. The highest BCUT2D eigenvalue weighted by Gasteiger charge is 2.34. The minimum absolute atomic E-state index is 0.150. The van der Waals surface area contributed by atoms with Crippen molar-refractivity contribution in [2.75, 3.05) is 62.8 Å². The predicted octanol–water partition coefficient (Wildman–Crippen LogP) is 4.48. The Morgan fingerprint density at radius 2 is 1.90 bits per heavy atom. The number of rotatable bonds is 7. The first-order valence-corrected chi connectivity index (χ1v) is 15.1. The number of halogens is 1. The normalized spacial score (nSPS) is 20.4. The molecule has 3 aromatic rings. The van der Waals surface area contributed by atoms with E-state index in [1.807, 2.05) is 13.8 Å². The summed E-state index contributed by atoms with van der Waals surface area (Å²) < 4.78 is 25.0. The molecule has 0 unspecified atom stereocenters. The Kier molecular flexibility index (Phi) is 8.18. The number of fused-ring (bicyclic) bond motifs is 1. The number of nitrogens with one attached hydrogen (secondary N) is 2. The minimum Gasteiger partial charge on any atom is -0.494 e. The molecule has 2 aliphatic heterocycles. The molecule has 2 N–H and O–H groups in total. The molecule has 1 aliphatic carbocycles. The summed E-state index contributed by atoms with van der Waals surface area (Å²) in [5, 5.41) is 7.81. The highest BCUT2D eigenvalue weighted by atomic mass is 19.1. The fourth-order valence-corrected chi connectivity index (χ4v) is 6.10. The monoisotopic (exact) mass is 576 g/mol. The molecule has 0 radical (unpaired) electrons. The number of hydrogen-bond donors (Lipinski definition) is 2. The van der Waals surface area contributed by atoms with Gasteiger partial charge in [0.1, 0.15) is 11.4 Å². The second-order valence-corrected chi connectivity index (χ2v) is 11.8. The molecule has 4 heterocycles. The Hall–Kier alpha value is -3.50. The van der Waals surface area contributed by atoms with Gasteiger partial charge in [0.2, 0.25) is 0 Å². The number of aromatic nitrogens is 2. The number of nitrogens with zero attached hydrogens (tertiary/aromatic N) is 4. The largest absolute Gasteiger partial charge is 0.494 e. The van der Waals surface area contributed by atoms with E-state index in [0.29, 0.717) is 49.6 Å². The summed E-state index contributed by atoms with van der Waals surface area (Å²) in [6, 6.07) is 6.79. The van der Waals surface area contributed by atoms with Gasteiger partial charge in [0.05, 0.1) is 43.3 Å². The van der Waals surface area contributed by atoms with Gasteiger partial charge in [0, 0.05) is 55.8 Å². The van der Waals surface area contributed by atoms with Crippen molar-refractivity contribution in [1.82, 2.24) is 20.6 Å². The number of amides is 1. The van der Waals surface area contributed by atoms with E-state index in [4.69, 9.17) is 19.4 Å². The first kappa shape index (κ1) is 28.6. The van der Waals surface area contributed by atoms with E-state index < -0.39 is 5.82 Å². The molecule has 0 spiro atoms. The fourth-order valence-electron chi connectivity index (χ4n) is 6.10. The van der Waals surface area contributed by atoms with Gasteiger partial charge in [-0.05, 0) is 63.8 Å². The summed E-state index contributed by atoms with van der Waals surface area (Å²) in [5.74, 6) is 0.598. The summed E-state index contributed by atoms with van der Waals surface area (Å²) in [7, 11) is 1.44. The number of methoxy groups -OCH3 is 1. The Balaban J connectivity index is 1.52. The number of carbonyl (C=O) groups excluding carboxylic acids is 1. The van der Waals surface area contributed by atoms with Crippen molar-refractivity contribution in [3.63, 3.8) is 0 Å². The van der Waals surface area contributed by atoms with Crippen molar-refractivity contribution in [2.24, 2.45) is 0 Å². The van der Waals surface area contributed by atoms with Gasteiger partial charge in [-0.15, -0.1) is 0 Å². The van der Waals surface area contributed by atoms with Crippen molar-refractivity contribution in [3.8, 4) is 5.75 Å². The van der Waals surface area contributed by atoms with E-state index in [0.717, 1.165) is 72.4 Å². The van der Waals surface area contributed by atoms with Crippen LogP contribution < -0.4 is 25.2 Å². The number of pyridine rings is 2. The van der Waals surface area contributed by atoms with E-state index >= 15 is 0 Å². The third-order valence-corrected chi connectivity index (χ3v) is 8.63. The number of anilines is 2. The summed E-state index contributed by atoms with van der Waals surface area (Å²) >= 11 is 0. The molecule has 2 aromatic heterocycles. The molecule has 9 nitrogen and oxygen atoms in total. The summed E-state index contributed by atoms with van der Waals surface area (Å²) in [6.45, 7) is 11.0. The Morgan fingerprint density at radius 3 is 2.64 bits per heavy atom. The highest BCUT2D eigenvalue weighted by Crippen LogP contribution is 2.45. The first-order chi connectivity index (χ1) is 20.3. The van der Waals surface area contributed by atoms with Crippen LogP contribution in [0.4, 0.5) is 15.9 Å². The number of hydrogen-bond acceptors (Lipinski definition) is 8. The molecule has 3 fully saturated rings. The highest BCUT2D eigenvalue weighted by molar-refractivity contribution is 6.12. The van der Waals surface area contributed by atoms with Gasteiger partial charge in [-0.3, -0.25) is 9.78 Å². The third-order valence-electron chi connectivity index (χ3n) is 8.63. The Morgan fingerprint density at radius 1 is 1.12 bits per heavy atom. The maximum atomic E-state index is 14.5. The molecule has 1 saturated carbocycles. The Bertz CT molecular complexity index is 1470. The zero-order valence-corrected chi connectivity index (χ0v) is 25.0. The van der Waals surface area contributed by atoms with Crippen molar-refractivity contribution in [2.45, 2.75) is 58.0 Å². The van der Waals surface area contributed by atoms with Crippen LogP contribution in [0.2, 0.25) is 0 Å². The predicted molar refractivity (Wildman–Crippen MR) is 162 cm³/mol. The zero-order valence-electron chi connectivity index (χ0n) is 25.0. The van der Waals surface area contributed by atoms with Gasteiger partial charge < -0.3 is 29.9 Å². The number of aryl methyl sites for hydroxylation is 1. The van der Waals surface area contributed by atoms with E-state index in [2.05, 4.69) is 33.4 Å². The SMILES string of the molecule is COc1cc([C@H](C)NC(=O)c2c(N3CCOCC3)nc3c(C4CC4)nc(C)cc3c2N2CCN[C@@H](C)CC2)ccc1F. The van der Waals surface area contributed by atoms with Crippen LogP contribution in [0.3, 0.4) is 0 Å². The number of carbonyl (C=O) groups is 1. The zero-order chi connectivity index (χ0) is 29.4. The molecule has 6 rings (SSSR count). The molecule has 2 atom stereocenters. The molecule has 3 aliphatic rings. The van der Waals surface area contributed by atoms with Crippen LogP contribution in [-0.2, 0) is 4.74 Å². The lowest BCUT2D eigenvalue weighted by Gasteiger charge is -2.34. The van der Waals surface area contributed by atoms with E-state index in [1.54, 1.807) is 12.1 Å². The topological polar surface area (TPSA) is 91.8 Å². The molecular weight excluding hydrogens is 535 g/mol. The lowest BCUT2D eigenvalue weighted by atomic mass is 10.0. The van der Waals surface area contributed by atoms with Gasteiger partial charge in [-0.1, -0.05) is 6.07 Å². The molecular formula is C32H41FN6O3. The van der Waals surface area contributed by atoms with Crippen LogP contribution in [0, 0.1) is 12.7 Å². The molecule has 0 bridgehead atoms. The summed E-state index contributed by atoms with van der Waals surface area (Å²) in [5.41, 5.74) is 5.14. The average molecular weight is 577 g/mol. The standard InChI is InChI=1S/C32H41FN6O3/c1-19-9-11-38(12-10-34-19)30-24-17-20(2)35-28(22-5-6-22)29(24)37-31(39-13-15-42-16-14-39)27(30)32(40)36-21(3)23-7-8-25(33)26(18-23)41-4/h7-8,17-19,21-22,34H,5-6,9-16H2,1-4H3,(H,36,40)/t19-,21-/m0/s1. The van der Waals surface area contributed by atoms with Gasteiger partial charge in [-0.2, -0.15) is 0 Å². The maximum absolute atomic E-state index is 14.5. The van der Waals surface area contributed by atoms with Gasteiger partial charge in [-0.25, -0.2) is 9.37 Å².